The van der Waals surface area contributed by atoms with E-state index in [1.165, 1.54) is 0 Å². The van der Waals surface area contributed by atoms with Gasteiger partial charge in [0.25, 0.3) is 0 Å². The summed E-state index contributed by atoms with van der Waals surface area (Å²) in [6.45, 7) is 3.14. The van der Waals surface area contributed by atoms with E-state index in [0.29, 0.717) is 29.6 Å². The molecule has 0 aliphatic rings. The van der Waals surface area contributed by atoms with Crippen LogP contribution in [0.3, 0.4) is 0 Å². The minimum Gasteiger partial charge on any atom is -0.356 e. The van der Waals surface area contributed by atoms with Crippen molar-refractivity contribution < 1.29 is 4.79 Å². The Morgan fingerprint density at radius 2 is 2.12 bits per heavy atom. The molecule has 1 aromatic rings. The summed E-state index contributed by atoms with van der Waals surface area (Å²) in [6.07, 6.45) is 0.300. The summed E-state index contributed by atoms with van der Waals surface area (Å²) in [6, 6.07) is 5.19. The first-order valence-corrected chi connectivity index (χ1v) is 6.19. The number of nitrogens with one attached hydrogen (secondary N) is 1. The van der Waals surface area contributed by atoms with Crippen LogP contribution >= 0.6 is 23.2 Å². The molecule has 0 saturated heterocycles. The summed E-state index contributed by atoms with van der Waals surface area (Å²) in [5.74, 6) is 0.247. The molecule has 0 aliphatic carbocycles. The molecule has 0 fully saturated rings. The van der Waals surface area contributed by atoms with Crippen LogP contribution in [-0.4, -0.2) is 19.0 Å². The van der Waals surface area contributed by atoms with E-state index >= 15 is 0 Å². The molecule has 0 heterocycles. The highest BCUT2D eigenvalue weighted by Crippen LogP contribution is 2.22. The van der Waals surface area contributed by atoms with Gasteiger partial charge in [-0.05, 0) is 30.2 Å². The van der Waals surface area contributed by atoms with E-state index < -0.39 is 0 Å². The maximum absolute atomic E-state index is 11.6. The standard InChI is InChI=1S/C12H16Cl2N2O/c1-8(6-15)7-16-12(17)5-9-2-3-10(13)11(14)4-9/h2-4,8H,5-7,15H2,1H3,(H,16,17). The molecule has 0 aromatic heterocycles. The third kappa shape index (κ3) is 4.94. The maximum atomic E-state index is 11.6. The quantitative estimate of drug-likeness (QED) is 0.866. The Kier molecular flexibility index (Phi) is 5.75. The van der Waals surface area contributed by atoms with Crippen molar-refractivity contribution in [2.45, 2.75) is 13.3 Å². The molecule has 0 spiro atoms. The van der Waals surface area contributed by atoms with E-state index in [1.807, 2.05) is 6.92 Å². The Labute approximate surface area is 111 Å². The van der Waals surface area contributed by atoms with Gasteiger partial charge in [-0.2, -0.15) is 0 Å². The van der Waals surface area contributed by atoms with Crippen molar-refractivity contribution in [2.24, 2.45) is 11.7 Å². The number of carbonyl (C=O) groups is 1. The van der Waals surface area contributed by atoms with Crippen LogP contribution in [0.2, 0.25) is 10.0 Å². The molecule has 1 atom stereocenters. The van der Waals surface area contributed by atoms with Gasteiger partial charge in [0, 0.05) is 6.54 Å². The molecule has 0 radical (unpaired) electrons. The Morgan fingerprint density at radius 3 is 2.71 bits per heavy atom. The van der Waals surface area contributed by atoms with Gasteiger partial charge in [0.05, 0.1) is 16.5 Å². The first kappa shape index (κ1) is 14.3. The van der Waals surface area contributed by atoms with Crippen molar-refractivity contribution in [2.75, 3.05) is 13.1 Å². The third-order valence-corrected chi connectivity index (χ3v) is 3.14. The predicted molar refractivity (Wildman–Crippen MR) is 71.4 cm³/mol. The van der Waals surface area contributed by atoms with Crippen LogP contribution in [0.5, 0.6) is 0 Å². The summed E-state index contributed by atoms with van der Waals surface area (Å²) in [7, 11) is 0. The minimum absolute atomic E-state index is 0.0383. The van der Waals surface area contributed by atoms with Gasteiger partial charge in [0.2, 0.25) is 5.91 Å². The smallest absolute Gasteiger partial charge is 0.224 e. The second-order valence-electron chi connectivity index (χ2n) is 4.07. The second-order valence-corrected chi connectivity index (χ2v) is 4.88. The molecule has 1 unspecified atom stereocenters. The largest absolute Gasteiger partial charge is 0.356 e. The zero-order chi connectivity index (χ0) is 12.8. The van der Waals surface area contributed by atoms with Crippen molar-refractivity contribution in [1.29, 1.82) is 0 Å². The molecule has 17 heavy (non-hydrogen) atoms. The Balaban J connectivity index is 2.48. The minimum atomic E-state index is -0.0383. The monoisotopic (exact) mass is 274 g/mol. The summed E-state index contributed by atoms with van der Waals surface area (Å²) >= 11 is 11.7. The summed E-state index contributed by atoms with van der Waals surface area (Å²) in [4.78, 5) is 11.6. The molecule has 0 bridgehead atoms. The lowest BCUT2D eigenvalue weighted by Gasteiger charge is -2.10. The summed E-state index contributed by atoms with van der Waals surface area (Å²) in [5.41, 5.74) is 6.31. The van der Waals surface area contributed by atoms with Crippen LogP contribution < -0.4 is 11.1 Å². The number of hydrogen-bond donors (Lipinski definition) is 2. The van der Waals surface area contributed by atoms with Gasteiger partial charge < -0.3 is 11.1 Å². The van der Waals surface area contributed by atoms with Crippen LogP contribution in [0.25, 0.3) is 0 Å². The van der Waals surface area contributed by atoms with E-state index in [4.69, 9.17) is 28.9 Å². The van der Waals surface area contributed by atoms with Gasteiger partial charge in [0.1, 0.15) is 0 Å². The highest BCUT2D eigenvalue weighted by atomic mass is 35.5. The molecular formula is C12H16Cl2N2O. The van der Waals surface area contributed by atoms with Crippen LogP contribution in [0.1, 0.15) is 12.5 Å². The Morgan fingerprint density at radius 1 is 1.41 bits per heavy atom. The molecule has 1 aromatic carbocycles. The van der Waals surface area contributed by atoms with Crippen molar-refractivity contribution >= 4 is 29.1 Å². The molecular weight excluding hydrogens is 259 g/mol. The van der Waals surface area contributed by atoms with Crippen LogP contribution in [0, 0.1) is 5.92 Å². The molecule has 5 heteroatoms. The Hall–Kier alpha value is -0.770. The van der Waals surface area contributed by atoms with Crippen molar-refractivity contribution in [3.05, 3.63) is 33.8 Å². The average Bonchev–Trinajstić information content (AvgIpc) is 2.31. The van der Waals surface area contributed by atoms with Gasteiger partial charge in [0.15, 0.2) is 0 Å². The van der Waals surface area contributed by atoms with Gasteiger partial charge in [-0.15, -0.1) is 0 Å². The lowest BCUT2D eigenvalue weighted by molar-refractivity contribution is -0.120. The van der Waals surface area contributed by atoms with Gasteiger partial charge in [-0.25, -0.2) is 0 Å². The predicted octanol–water partition coefficient (Wildman–Crippen LogP) is 2.25. The van der Waals surface area contributed by atoms with Gasteiger partial charge in [-0.1, -0.05) is 36.2 Å². The van der Waals surface area contributed by atoms with E-state index in [2.05, 4.69) is 5.32 Å². The lowest BCUT2D eigenvalue weighted by atomic mass is 10.1. The molecule has 94 valence electrons. The Bertz CT molecular complexity index is 396. The summed E-state index contributed by atoms with van der Waals surface area (Å²) in [5, 5.41) is 3.78. The fraction of sp³-hybridized carbons (Fsp3) is 0.417. The number of nitrogens with two attached hydrogens (primary N) is 1. The third-order valence-electron chi connectivity index (χ3n) is 2.40. The summed E-state index contributed by atoms with van der Waals surface area (Å²) < 4.78 is 0. The topological polar surface area (TPSA) is 55.1 Å². The van der Waals surface area contributed by atoms with Crippen molar-refractivity contribution in [3.8, 4) is 0 Å². The zero-order valence-electron chi connectivity index (χ0n) is 9.67. The first-order chi connectivity index (χ1) is 8.02. The molecule has 1 rings (SSSR count). The maximum Gasteiger partial charge on any atom is 0.224 e. The van der Waals surface area contributed by atoms with Crippen molar-refractivity contribution in [1.82, 2.24) is 5.32 Å². The SMILES string of the molecule is CC(CN)CNC(=O)Cc1ccc(Cl)c(Cl)c1. The highest BCUT2D eigenvalue weighted by Gasteiger charge is 2.07. The molecule has 1 amide bonds. The normalized spacial score (nSPS) is 12.2. The highest BCUT2D eigenvalue weighted by molar-refractivity contribution is 6.42. The molecule has 0 saturated carbocycles. The second kappa shape index (κ2) is 6.84. The van der Waals surface area contributed by atoms with Crippen LogP contribution in [0.15, 0.2) is 18.2 Å². The number of rotatable bonds is 5. The van der Waals surface area contributed by atoms with E-state index in [0.717, 1.165) is 5.56 Å². The first-order valence-electron chi connectivity index (χ1n) is 5.43. The van der Waals surface area contributed by atoms with E-state index in [1.54, 1.807) is 18.2 Å². The molecule has 0 aliphatic heterocycles. The number of amides is 1. The van der Waals surface area contributed by atoms with E-state index in [9.17, 15) is 4.79 Å². The van der Waals surface area contributed by atoms with Gasteiger partial charge >= 0.3 is 0 Å². The number of carbonyl (C=O) groups excluding carboxylic acids is 1. The van der Waals surface area contributed by atoms with E-state index in [-0.39, 0.29) is 11.8 Å². The fourth-order valence-corrected chi connectivity index (χ4v) is 1.59. The van der Waals surface area contributed by atoms with Gasteiger partial charge in [-0.3, -0.25) is 4.79 Å². The number of benzene rings is 1. The fourth-order valence-electron chi connectivity index (χ4n) is 1.27. The zero-order valence-corrected chi connectivity index (χ0v) is 11.2. The number of hydrogen-bond acceptors (Lipinski definition) is 2. The lowest BCUT2D eigenvalue weighted by Crippen LogP contribution is -2.32. The van der Waals surface area contributed by atoms with Crippen LogP contribution in [0.4, 0.5) is 0 Å². The van der Waals surface area contributed by atoms with Crippen LogP contribution in [-0.2, 0) is 11.2 Å². The number of halogens is 2. The van der Waals surface area contributed by atoms with Crippen molar-refractivity contribution in [3.63, 3.8) is 0 Å². The molecule has 3 N–H and O–H groups in total. The molecule has 3 nitrogen and oxygen atoms in total. The average molecular weight is 275 g/mol.